The summed E-state index contributed by atoms with van der Waals surface area (Å²) >= 11 is 5.77. The van der Waals surface area contributed by atoms with Crippen molar-refractivity contribution in [2.24, 2.45) is 0 Å². The molecule has 1 radical (unpaired) electrons. The highest BCUT2D eigenvalue weighted by atomic mass is 35.5. The lowest BCUT2D eigenvalue weighted by Gasteiger charge is -2.09. The number of fused-ring (bicyclic) bond motifs is 1. The normalized spacial score (nSPS) is 10.6. The largest absolute Gasteiger partial charge is 0.496 e. The molecule has 0 spiro atoms. The maximum Gasteiger partial charge on any atom is 0.141 e. The van der Waals surface area contributed by atoms with Gasteiger partial charge in [0.1, 0.15) is 23.7 Å². The van der Waals surface area contributed by atoms with Crippen molar-refractivity contribution in [2.75, 3.05) is 12.4 Å². The standard InChI is InChI=1S/C15H10ClFN3O/c1-21-10-3-4-11-14(7-10)18-8-19-15(11)20-9-2-5-13(17)12(16)6-9/h2,4-8H,1H3,(H,18,19,20). The molecule has 2 aromatic carbocycles. The van der Waals surface area contributed by atoms with E-state index in [1.807, 2.05) is 0 Å². The summed E-state index contributed by atoms with van der Waals surface area (Å²) in [7, 11) is 1.57. The number of benzene rings is 2. The van der Waals surface area contributed by atoms with Crippen molar-refractivity contribution in [1.82, 2.24) is 9.97 Å². The fourth-order valence-corrected chi connectivity index (χ4v) is 2.08. The second-order valence-corrected chi connectivity index (χ2v) is 4.68. The molecule has 3 aromatic rings. The Morgan fingerprint density at radius 2 is 2.14 bits per heavy atom. The molecule has 0 aliphatic rings. The summed E-state index contributed by atoms with van der Waals surface area (Å²) in [5.74, 6) is 0.714. The number of ether oxygens (including phenoxy) is 1. The monoisotopic (exact) mass is 302 g/mol. The van der Waals surface area contributed by atoms with E-state index < -0.39 is 5.82 Å². The van der Waals surface area contributed by atoms with Gasteiger partial charge in [-0.1, -0.05) is 11.6 Å². The van der Waals surface area contributed by atoms with E-state index in [0.717, 1.165) is 10.9 Å². The molecule has 0 unspecified atom stereocenters. The van der Waals surface area contributed by atoms with Crippen LogP contribution in [0.3, 0.4) is 0 Å². The van der Waals surface area contributed by atoms with Gasteiger partial charge in [-0.25, -0.2) is 14.4 Å². The highest BCUT2D eigenvalue weighted by Crippen LogP contribution is 2.27. The molecule has 0 saturated carbocycles. The third-order valence-electron chi connectivity index (χ3n) is 2.94. The molecule has 6 heteroatoms. The van der Waals surface area contributed by atoms with E-state index in [2.05, 4.69) is 21.4 Å². The van der Waals surface area contributed by atoms with E-state index in [-0.39, 0.29) is 5.02 Å². The molecule has 4 nitrogen and oxygen atoms in total. The van der Waals surface area contributed by atoms with E-state index in [0.29, 0.717) is 17.3 Å². The van der Waals surface area contributed by atoms with Crippen LogP contribution >= 0.6 is 11.6 Å². The number of hydrogen-bond acceptors (Lipinski definition) is 4. The van der Waals surface area contributed by atoms with Crippen molar-refractivity contribution >= 4 is 34.0 Å². The van der Waals surface area contributed by atoms with Crippen LogP contribution in [0, 0.1) is 11.9 Å². The Labute approximate surface area is 125 Å². The Bertz CT molecular complexity index is 810. The van der Waals surface area contributed by atoms with E-state index in [1.54, 1.807) is 25.3 Å². The minimum absolute atomic E-state index is 0.0478. The fraction of sp³-hybridized carbons (Fsp3) is 0.0667. The summed E-state index contributed by atoms with van der Waals surface area (Å²) in [6, 6.07) is 10.9. The molecular weight excluding hydrogens is 293 g/mol. The van der Waals surface area contributed by atoms with Crippen molar-refractivity contribution in [3.8, 4) is 5.75 Å². The molecule has 0 bridgehead atoms. The summed E-state index contributed by atoms with van der Waals surface area (Å²) in [4.78, 5) is 8.38. The summed E-state index contributed by atoms with van der Waals surface area (Å²) in [5, 5.41) is 3.91. The average Bonchev–Trinajstić information content (AvgIpc) is 2.50. The zero-order chi connectivity index (χ0) is 14.8. The number of rotatable bonds is 3. The van der Waals surface area contributed by atoms with Gasteiger partial charge < -0.3 is 10.1 Å². The second-order valence-electron chi connectivity index (χ2n) is 4.28. The van der Waals surface area contributed by atoms with Crippen molar-refractivity contribution in [1.29, 1.82) is 0 Å². The Morgan fingerprint density at radius 1 is 1.29 bits per heavy atom. The zero-order valence-corrected chi connectivity index (χ0v) is 11.8. The summed E-state index contributed by atoms with van der Waals surface area (Å²) in [6.07, 6.45) is 1.44. The van der Waals surface area contributed by atoms with Crippen LogP contribution in [0.1, 0.15) is 0 Å². The molecule has 1 N–H and O–H groups in total. The molecule has 0 aliphatic carbocycles. The van der Waals surface area contributed by atoms with Crippen LogP contribution in [0.5, 0.6) is 5.75 Å². The fourth-order valence-electron chi connectivity index (χ4n) is 1.90. The Balaban J connectivity index is 2.02. The Kier molecular flexibility index (Phi) is 3.58. The van der Waals surface area contributed by atoms with Crippen LogP contribution in [0.15, 0.2) is 36.7 Å². The molecule has 21 heavy (non-hydrogen) atoms. The van der Waals surface area contributed by atoms with Gasteiger partial charge in [0, 0.05) is 23.2 Å². The van der Waals surface area contributed by atoms with Crippen LogP contribution in [0.2, 0.25) is 5.02 Å². The zero-order valence-electron chi connectivity index (χ0n) is 11.0. The van der Waals surface area contributed by atoms with Crippen LogP contribution in [0.25, 0.3) is 10.9 Å². The molecule has 3 rings (SSSR count). The molecule has 0 fully saturated rings. The summed E-state index contributed by atoms with van der Waals surface area (Å²) < 4.78 is 18.3. The van der Waals surface area contributed by atoms with Crippen molar-refractivity contribution in [3.63, 3.8) is 0 Å². The van der Waals surface area contributed by atoms with Gasteiger partial charge in [-0.15, -0.1) is 0 Å². The maximum absolute atomic E-state index is 13.2. The molecule has 0 saturated heterocycles. The van der Waals surface area contributed by atoms with Crippen molar-refractivity contribution < 1.29 is 9.13 Å². The van der Waals surface area contributed by atoms with Crippen LogP contribution < -0.4 is 10.1 Å². The van der Waals surface area contributed by atoms with E-state index >= 15 is 0 Å². The lowest BCUT2D eigenvalue weighted by atomic mass is 10.2. The molecule has 0 atom stereocenters. The summed E-state index contributed by atoms with van der Waals surface area (Å²) in [5.41, 5.74) is 1.36. The number of aromatic nitrogens is 2. The predicted molar refractivity (Wildman–Crippen MR) is 79.6 cm³/mol. The number of nitrogens with zero attached hydrogens (tertiary/aromatic N) is 2. The third kappa shape index (κ3) is 2.73. The Morgan fingerprint density at radius 3 is 2.90 bits per heavy atom. The quantitative estimate of drug-likeness (QED) is 0.795. The van der Waals surface area contributed by atoms with E-state index in [9.17, 15) is 4.39 Å². The highest BCUT2D eigenvalue weighted by Gasteiger charge is 2.07. The van der Waals surface area contributed by atoms with E-state index in [1.165, 1.54) is 18.5 Å². The first-order valence-corrected chi connectivity index (χ1v) is 6.47. The molecular formula is C15H10ClFN3O. The first kappa shape index (κ1) is 13.6. The van der Waals surface area contributed by atoms with Gasteiger partial charge in [0.05, 0.1) is 17.6 Å². The minimum atomic E-state index is -0.465. The van der Waals surface area contributed by atoms with Gasteiger partial charge >= 0.3 is 0 Å². The van der Waals surface area contributed by atoms with Gasteiger partial charge in [-0.3, -0.25) is 0 Å². The van der Waals surface area contributed by atoms with Crippen molar-refractivity contribution in [2.45, 2.75) is 0 Å². The van der Waals surface area contributed by atoms with Crippen LogP contribution in [-0.2, 0) is 0 Å². The Hall–Kier alpha value is -2.40. The average molecular weight is 303 g/mol. The SMILES string of the molecule is COc1[c]cc2c(Nc3ccc(F)c(Cl)c3)ncnc2c1. The number of nitrogens with one attached hydrogen (secondary N) is 1. The lowest BCUT2D eigenvalue weighted by Crippen LogP contribution is -1.96. The van der Waals surface area contributed by atoms with Gasteiger partial charge in [-0.2, -0.15) is 0 Å². The highest BCUT2D eigenvalue weighted by molar-refractivity contribution is 6.31. The van der Waals surface area contributed by atoms with Crippen LogP contribution in [0.4, 0.5) is 15.9 Å². The predicted octanol–water partition coefficient (Wildman–Crippen LogP) is 3.97. The van der Waals surface area contributed by atoms with E-state index in [4.69, 9.17) is 16.3 Å². The first-order valence-electron chi connectivity index (χ1n) is 6.10. The number of anilines is 2. The summed E-state index contributed by atoms with van der Waals surface area (Å²) in [6.45, 7) is 0. The molecule has 0 aliphatic heterocycles. The van der Waals surface area contributed by atoms with Crippen molar-refractivity contribution in [3.05, 3.63) is 53.6 Å². The van der Waals surface area contributed by atoms with Gasteiger partial charge in [0.2, 0.25) is 0 Å². The number of halogens is 2. The van der Waals surface area contributed by atoms with Crippen LogP contribution in [-0.4, -0.2) is 17.1 Å². The van der Waals surface area contributed by atoms with Gasteiger partial charge in [-0.05, 0) is 24.3 Å². The minimum Gasteiger partial charge on any atom is -0.496 e. The lowest BCUT2D eigenvalue weighted by molar-refractivity contribution is 0.414. The number of hydrogen-bond donors (Lipinski definition) is 1. The topological polar surface area (TPSA) is 47.0 Å². The third-order valence-corrected chi connectivity index (χ3v) is 3.23. The molecule has 0 amide bonds. The molecule has 105 valence electrons. The smallest absolute Gasteiger partial charge is 0.141 e. The maximum atomic E-state index is 13.2. The van der Waals surface area contributed by atoms with Gasteiger partial charge in [0.15, 0.2) is 0 Å². The molecule has 1 heterocycles. The first-order chi connectivity index (χ1) is 10.2. The number of methoxy groups -OCH3 is 1. The second kappa shape index (κ2) is 5.54. The molecule has 1 aromatic heterocycles. The van der Waals surface area contributed by atoms with Gasteiger partial charge in [0.25, 0.3) is 0 Å².